The summed E-state index contributed by atoms with van der Waals surface area (Å²) in [5.41, 5.74) is 2.43. The molecule has 1 amide bonds. The van der Waals surface area contributed by atoms with Gasteiger partial charge in [-0.05, 0) is 58.1 Å². The quantitative estimate of drug-likeness (QED) is 0.731. The largest absolute Gasteiger partial charge is 0.495 e. The number of aromatic nitrogens is 2. The average Bonchev–Trinajstić information content (AvgIpc) is 3.17. The SMILES string of the molecule is COc1ccc(C)cc1-n1cnc(C(=O)N2CCOC(CCCN(C)C)C2)c1. The van der Waals surface area contributed by atoms with Gasteiger partial charge in [-0.25, -0.2) is 4.98 Å². The van der Waals surface area contributed by atoms with E-state index in [0.29, 0.717) is 25.4 Å². The summed E-state index contributed by atoms with van der Waals surface area (Å²) in [6.45, 7) is 4.84. The van der Waals surface area contributed by atoms with Gasteiger partial charge < -0.3 is 23.8 Å². The van der Waals surface area contributed by atoms with Crippen LogP contribution in [-0.2, 0) is 4.74 Å². The maximum absolute atomic E-state index is 12.9. The molecule has 2 heterocycles. The van der Waals surface area contributed by atoms with Crippen LogP contribution in [0.25, 0.3) is 5.69 Å². The number of nitrogens with zero attached hydrogens (tertiary/aromatic N) is 4. The molecule has 1 aromatic heterocycles. The fourth-order valence-corrected chi connectivity index (χ4v) is 3.44. The van der Waals surface area contributed by atoms with Crippen LogP contribution in [0.5, 0.6) is 5.75 Å². The van der Waals surface area contributed by atoms with E-state index in [1.807, 2.05) is 34.6 Å². The molecule has 1 unspecified atom stereocenters. The number of ether oxygens (including phenoxy) is 2. The normalized spacial score (nSPS) is 17.2. The van der Waals surface area contributed by atoms with Gasteiger partial charge in [0, 0.05) is 19.3 Å². The van der Waals surface area contributed by atoms with Gasteiger partial charge in [0.05, 0.1) is 25.5 Å². The Kier molecular flexibility index (Phi) is 6.70. The Morgan fingerprint density at radius 3 is 2.96 bits per heavy atom. The minimum atomic E-state index is -0.0497. The van der Waals surface area contributed by atoms with Gasteiger partial charge >= 0.3 is 0 Å². The van der Waals surface area contributed by atoms with Crippen molar-refractivity contribution in [3.05, 3.63) is 42.0 Å². The van der Waals surface area contributed by atoms with Crippen molar-refractivity contribution in [2.24, 2.45) is 0 Å². The van der Waals surface area contributed by atoms with E-state index in [9.17, 15) is 4.79 Å². The van der Waals surface area contributed by atoms with Gasteiger partial charge in [0.1, 0.15) is 17.8 Å². The second kappa shape index (κ2) is 9.21. The van der Waals surface area contributed by atoms with Gasteiger partial charge in [0.2, 0.25) is 0 Å². The Bertz CT molecular complexity index is 803. The highest BCUT2D eigenvalue weighted by molar-refractivity contribution is 5.92. The summed E-state index contributed by atoms with van der Waals surface area (Å²) in [7, 11) is 5.77. The summed E-state index contributed by atoms with van der Waals surface area (Å²) in [6, 6.07) is 5.94. The highest BCUT2D eigenvalue weighted by atomic mass is 16.5. The third-order valence-corrected chi connectivity index (χ3v) is 4.97. The number of rotatable bonds is 7. The Balaban J connectivity index is 1.68. The lowest BCUT2D eigenvalue weighted by Gasteiger charge is -2.32. The first kappa shape index (κ1) is 20.4. The second-order valence-corrected chi connectivity index (χ2v) is 7.53. The number of aryl methyl sites for hydroxylation is 1. The van der Waals surface area contributed by atoms with Crippen molar-refractivity contribution in [2.75, 3.05) is 47.4 Å². The van der Waals surface area contributed by atoms with E-state index in [-0.39, 0.29) is 12.0 Å². The predicted octanol–water partition coefficient (Wildman–Crippen LogP) is 2.37. The van der Waals surface area contributed by atoms with Gasteiger partial charge in [-0.2, -0.15) is 0 Å². The average molecular weight is 386 g/mol. The maximum Gasteiger partial charge on any atom is 0.274 e. The van der Waals surface area contributed by atoms with E-state index >= 15 is 0 Å². The predicted molar refractivity (Wildman–Crippen MR) is 108 cm³/mol. The molecule has 0 spiro atoms. The van der Waals surface area contributed by atoms with Crippen LogP contribution in [0.4, 0.5) is 0 Å². The number of carbonyl (C=O) groups excluding carboxylic acids is 1. The molecule has 0 aliphatic carbocycles. The lowest BCUT2D eigenvalue weighted by atomic mass is 10.1. The number of methoxy groups -OCH3 is 1. The lowest BCUT2D eigenvalue weighted by Crippen LogP contribution is -2.45. The van der Waals surface area contributed by atoms with Crippen LogP contribution in [0, 0.1) is 6.92 Å². The second-order valence-electron chi connectivity index (χ2n) is 7.53. The molecule has 28 heavy (non-hydrogen) atoms. The fourth-order valence-electron chi connectivity index (χ4n) is 3.44. The van der Waals surface area contributed by atoms with Gasteiger partial charge in [-0.3, -0.25) is 4.79 Å². The number of hydrogen-bond acceptors (Lipinski definition) is 5. The first-order valence-corrected chi connectivity index (χ1v) is 9.72. The molecule has 0 N–H and O–H groups in total. The van der Waals surface area contributed by atoms with E-state index < -0.39 is 0 Å². The first-order valence-electron chi connectivity index (χ1n) is 9.72. The molecule has 152 valence electrons. The molecule has 1 saturated heterocycles. The number of carbonyl (C=O) groups is 1. The topological polar surface area (TPSA) is 59.8 Å². The Labute approximate surface area is 166 Å². The van der Waals surface area contributed by atoms with Crippen molar-refractivity contribution in [3.63, 3.8) is 0 Å². The molecule has 3 rings (SSSR count). The third kappa shape index (κ3) is 4.91. The van der Waals surface area contributed by atoms with Gasteiger partial charge in [0.25, 0.3) is 5.91 Å². The Morgan fingerprint density at radius 1 is 1.39 bits per heavy atom. The summed E-state index contributed by atoms with van der Waals surface area (Å²) in [6.07, 6.45) is 5.55. The van der Waals surface area contributed by atoms with Crippen molar-refractivity contribution in [3.8, 4) is 11.4 Å². The summed E-state index contributed by atoms with van der Waals surface area (Å²) in [5.74, 6) is 0.695. The summed E-state index contributed by atoms with van der Waals surface area (Å²) in [4.78, 5) is 21.3. The fraction of sp³-hybridized carbons (Fsp3) is 0.524. The van der Waals surface area contributed by atoms with Crippen LogP contribution < -0.4 is 4.74 Å². The first-order chi connectivity index (χ1) is 13.5. The van der Waals surface area contributed by atoms with E-state index in [0.717, 1.165) is 36.4 Å². The number of imidazole rings is 1. The highest BCUT2D eigenvalue weighted by Crippen LogP contribution is 2.24. The van der Waals surface area contributed by atoms with E-state index in [4.69, 9.17) is 9.47 Å². The smallest absolute Gasteiger partial charge is 0.274 e. The molecule has 1 fully saturated rings. The minimum Gasteiger partial charge on any atom is -0.495 e. The molecule has 1 atom stereocenters. The van der Waals surface area contributed by atoms with E-state index in [2.05, 4.69) is 24.0 Å². The van der Waals surface area contributed by atoms with E-state index in [1.165, 1.54) is 0 Å². The van der Waals surface area contributed by atoms with Crippen molar-refractivity contribution in [1.82, 2.24) is 19.4 Å². The molecule has 0 saturated carbocycles. The standard InChI is InChI=1S/C21H30N4O3/c1-16-7-8-20(27-4)19(12-16)25-14-18(22-15-25)21(26)24-10-11-28-17(13-24)6-5-9-23(2)3/h7-8,12,14-15,17H,5-6,9-11,13H2,1-4H3. The lowest BCUT2D eigenvalue weighted by molar-refractivity contribution is -0.0262. The molecule has 7 nitrogen and oxygen atoms in total. The van der Waals surface area contributed by atoms with Gasteiger partial charge in [0.15, 0.2) is 0 Å². The number of morpholine rings is 1. The minimum absolute atomic E-state index is 0.0497. The molecule has 1 aliphatic heterocycles. The van der Waals surface area contributed by atoms with Crippen molar-refractivity contribution in [2.45, 2.75) is 25.9 Å². The summed E-state index contributed by atoms with van der Waals surface area (Å²) < 4.78 is 13.1. The molecule has 1 aromatic carbocycles. The number of amides is 1. The highest BCUT2D eigenvalue weighted by Gasteiger charge is 2.26. The Hall–Kier alpha value is -2.38. The zero-order valence-electron chi connectivity index (χ0n) is 17.2. The molecule has 0 radical (unpaired) electrons. The molecule has 1 aliphatic rings. The third-order valence-electron chi connectivity index (χ3n) is 4.97. The van der Waals surface area contributed by atoms with Gasteiger partial charge in [-0.15, -0.1) is 0 Å². The number of benzene rings is 1. The van der Waals surface area contributed by atoms with Crippen LogP contribution in [0.15, 0.2) is 30.7 Å². The molecular weight excluding hydrogens is 356 g/mol. The van der Waals surface area contributed by atoms with Crippen molar-refractivity contribution >= 4 is 5.91 Å². The summed E-state index contributed by atoms with van der Waals surface area (Å²) in [5, 5.41) is 0. The summed E-state index contributed by atoms with van der Waals surface area (Å²) >= 11 is 0. The van der Waals surface area contributed by atoms with Crippen LogP contribution in [0.1, 0.15) is 28.9 Å². The number of hydrogen-bond donors (Lipinski definition) is 0. The van der Waals surface area contributed by atoms with Crippen LogP contribution >= 0.6 is 0 Å². The molecule has 0 bridgehead atoms. The van der Waals surface area contributed by atoms with Crippen LogP contribution in [0.3, 0.4) is 0 Å². The maximum atomic E-state index is 12.9. The zero-order chi connectivity index (χ0) is 20.1. The van der Waals surface area contributed by atoms with Crippen LogP contribution in [0.2, 0.25) is 0 Å². The van der Waals surface area contributed by atoms with Crippen molar-refractivity contribution in [1.29, 1.82) is 0 Å². The van der Waals surface area contributed by atoms with Crippen LogP contribution in [-0.4, -0.2) is 78.8 Å². The van der Waals surface area contributed by atoms with Crippen molar-refractivity contribution < 1.29 is 14.3 Å². The molecule has 7 heteroatoms. The molecule has 2 aromatic rings. The monoisotopic (exact) mass is 386 g/mol. The van der Waals surface area contributed by atoms with E-state index in [1.54, 1.807) is 19.6 Å². The zero-order valence-corrected chi connectivity index (χ0v) is 17.2. The van der Waals surface area contributed by atoms with Gasteiger partial charge in [-0.1, -0.05) is 6.07 Å². The molecular formula is C21H30N4O3. The Morgan fingerprint density at radius 2 is 2.21 bits per heavy atom.